The number of nitrogens with zero attached hydrogens (tertiary/aromatic N) is 2. The minimum atomic E-state index is -1.11. The van der Waals surface area contributed by atoms with E-state index in [0.29, 0.717) is 6.10 Å². The highest BCUT2D eigenvalue weighted by Gasteiger charge is 2.35. The molecule has 0 bridgehead atoms. The summed E-state index contributed by atoms with van der Waals surface area (Å²) in [5.74, 6) is 0. The van der Waals surface area contributed by atoms with Gasteiger partial charge in [0.2, 0.25) is 0 Å². The van der Waals surface area contributed by atoms with Gasteiger partial charge < -0.3 is 13.9 Å². The van der Waals surface area contributed by atoms with Crippen LogP contribution in [0.2, 0.25) is 18.1 Å². The Bertz CT molecular complexity index is 231. The molecule has 19 heavy (non-hydrogen) atoms. The molecule has 0 aliphatic carbocycles. The molecule has 0 saturated carbocycles. The molecule has 1 aliphatic heterocycles. The van der Waals surface area contributed by atoms with Gasteiger partial charge in [-0.1, -0.05) is 20.8 Å². The maximum atomic E-state index is 5.79. The van der Waals surface area contributed by atoms with Crippen LogP contribution >= 0.6 is 0 Å². The fourth-order valence-corrected chi connectivity index (χ4v) is 8.56. The van der Waals surface area contributed by atoms with Gasteiger partial charge in [-0.25, -0.2) is 0 Å². The zero-order valence-electron chi connectivity index (χ0n) is 13.7. The number of hydrogen-bond acceptors (Lipinski definition) is 3. The Morgan fingerprint density at radius 2 is 1.53 bits per heavy atom. The fraction of sp³-hybridized carbons (Fsp3) is 1.00. The molecule has 0 aromatic carbocycles. The molecule has 1 rings (SSSR count). The van der Waals surface area contributed by atoms with Crippen LogP contribution in [0.3, 0.4) is 0 Å². The van der Waals surface area contributed by atoms with Crippen molar-refractivity contribution in [2.45, 2.75) is 58.9 Å². The van der Waals surface area contributed by atoms with Crippen LogP contribution < -0.4 is 0 Å². The Hall–Kier alpha value is 0.314. The summed E-state index contributed by atoms with van der Waals surface area (Å²) in [6, 6.07) is 4.27. The predicted molar refractivity (Wildman–Crippen MR) is 90.0 cm³/mol. The molecule has 0 aromatic rings. The Labute approximate surface area is 123 Å². The van der Waals surface area contributed by atoms with Crippen LogP contribution in [-0.4, -0.2) is 65.9 Å². The van der Waals surface area contributed by atoms with Gasteiger partial charge in [0.25, 0.3) is 0 Å². The van der Waals surface area contributed by atoms with Gasteiger partial charge in [0.15, 0.2) is 9.76 Å². The molecule has 1 fully saturated rings. The maximum absolute atomic E-state index is 5.79. The summed E-state index contributed by atoms with van der Waals surface area (Å²) in [6.45, 7) is 16.7. The van der Waals surface area contributed by atoms with E-state index in [1.165, 1.54) is 50.5 Å². The number of hydrogen-bond donors (Lipinski definition) is 0. The molecule has 0 spiro atoms. The molecular formula is C14H34N2OSi2. The zero-order valence-corrected chi connectivity index (χ0v) is 16.2. The third-order valence-corrected chi connectivity index (χ3v) is 12.3. The normalized spacial score (nSPS) is 19.9. The van der Waals surface area contributed by atoms with Crippen LogP contribution in [0.25, 0.3) is 0 Å². The molecule has 0 aromatic heterocycles. The van der Waals surface area contributed by atoms with Crippen molar-refractivity contribution in [1.82, 2.24) is 9.47 Å². The molecule has 0 unspecified atom stereocenters. The lowest BCUT2D eigenvalue weighted by molar-refractivity contribution is 0.188. The molecule has 0 amide bonds. The van der Waals surface area contributed by atoms with Crippen LogP contribution in [0, 0.1) is 0 Å². The summed E-state index contributed by atoms with van der Waals surface area (Å²) >= 11 is 0. The van der Waals surface area contributed by atoms with E-state index in [2.05, 4.69) is 44.1 Å². The molecule has 0 radical (unpaired) electrons. The standard InChI is InChI=1S/C14H34N2OSi2/c1-6-19(7-2,8-3)16-11-9-15(10-12-16)13-18-17-14(4)5/h14H,6-13,18H2,1-5H3. The van der Waals surface area contributed by atoms with Crippen molar-refractivity contribution in [1.29, 1.82) is 0 Å². The van der Waals surface area contributed by atoms with Crippen molar-refractivity contribution in [2.75, 3.05) is 32.3 Å². The molecular weight excluding hydrogens is 268 g/mol. The average Bonchev–Trinajstić information content (AvgIpc) is 2.42. The van der Waals surface area contributed by atoms with E-state index in [1.54, 1.807) is 0 Å². The molecule has 114 valence electrons. The van der Waals surface area contributed by atoms with Gasteiger partial charge in [-0.05, 0) is 32.0 Å². The van der Waals surface area contributed by atoms with Crippen LogP contribution in [0.4, 0.5) is 0 Å². The Balaban J connectivity index is 2.35. The zero-order chi connectivity index (χ0) is 14.3. The monoisotopic (exact) mass is 302 g/mol. The summed E-state index contributed by atoms with van der Waals surface area (Å²) in [7, 11) is -1.44. The highest BCUT2D eigenvalue weighted by atomic mass is 28.3. The van der Waals surface area contributed by atoms with Crippen LogP contribution in [-0.2, 0) is 4.43 Å². The Morgan fingerprint density at radius 1 is 1.00 bits per heavy atom. The van der Waals surface area contributed by atoms with E-state index in [9.17, 15) is 0 Å². The highest BCUT2D eigenvalue weighted by Crippen LogP contribution is 2.25. The van der Waals surface area contributed by atoms with Crippen LogP contribution in [0.15, 0.2) is 0 Å². The van der Waals surface area contributed by atoms with E-state index in [1.807, 2.05) is 0 Å². The summed E-state index contributed by atoms with van der Waals surface area (Å²) in [5, 5.41) is 0. The minimum absolute atomic E-state index is 0.329. The first-order valence-electron chi connectivity index (χ1n) is 8.17. The first-order valence-corrected chi connectivity index (χ1v) is 12.3. The molecule has 1 heterocycles. The lowest BCUT2D eigenvalue weighted by atomic mass is 10.4. The first-order chi connectivity index (χ1) is 9.07. The third kappa shape index (κ3) is 4.97. The predicted octanol–water partition coefficient (Wildman–Crippen LogP) is 2.08. The molecule has 0 N–H and O–H groups in total. The topological polar surface area (TPSA) is 15.7 Å². The fourth-order valence-electron chi connectivity index (χ4n) is 3.28. The van der Waals surface area contributed by atoms with E-state index >= 15 is 0 Å². The molecule has 0 atom stereocenters. The van der Waals surface area contributed by atoms with Crippen LogP contribution in [0.5, 0.6) is 0 Å². The molecule has 1 aliphatic rings. The van der Waals surface area contributed by atoms with Crippen molar-refractivity contribution in [3.63, 3.8) is 0 Å². The highest BCUT2D eigenvalue weighted by molar-refractivity contribution is 6.77. The lowest BCUT2D eigenvalue weighted by Gasteiger charge is -2.45. The third-order valence-electron chi connectivity index (χ3n) is 4.88. The van der Waals surface area contributed by atoms with Gasteiger partial charge in [-0.2, -0.15) is 0 Å². The van der Waals surface area contributed by atoms with E-state index in [-0.39, 0.29) is 9.76 Å². The first kappa shape index (κ1) is 17.4. The van der Waals surface area contributed by atoms with Gasteiger partial charge in [0, 0.05) is 38.5 Å². The molecule has 1 saturated heterocycles. The van der Waals surface area contributed by atoms with Gasteiger partial charge in [-0.15, -0.1) is 0 Å². The quantitative estimate of drug-likeness (QED) is 0.639. The van der Waals surface area contributed by atoms with Gasteiger partial charge in [0.05, 0.1) is 0 Å². The summed E-state index contributed by atoms with van der Waals surface area (Å²) in [5.41, 5.74) is 0. The van der Waals surface area contributed by atoms with E-state index < -0.39 is 8.24 Å². The van der Waals surface area contributed by atoms with Gasteiger partial charge >= 0.3 is 0 Å². The van der Waals surface area contributed by atoms with Crippen molar-refractivity contribution in [2.24, 2.45) is 0 Å². The molecule has 3 nitrogen and oxygen atoms in total. The summed E-state index contributed by atoms with van der Waals surface area (Å²) < 4.78 is 8.68. The Morgan fingerprint density at radius 3 is 1.95 bits per heavy atom. The van der Waals surface area contributed by atoms with Crippen molar-refractivity contribution < 1.29 is 4.43 Å². The van der Waals surface area contributed by atoms with Crippen molar-refractivity contribution in [3.05, 3.63) is 0 Å². The van der Waals surface area contributed by atoms with E-state index in [0.717, 1.165) is 0 Å². The van der Waals surface area contributed by atoms with Crippen LogP contribution in [0.1, 0.15) is 34.6 Å². The smallest absolute Gasteiger partial charge is 0.175 e. The number of rotatable bonds is 8. The largest absolute Gasteiger partial charge is 0.420 e. The number of piperazine rings is 1. The SMILES string of the molecule is CC[Si](CC)(CC)N1CCN(C[SiH2]OC(C)C)CC1. The Kier molecular flexibility index (Phi) is 7.83. The second-order valence-corrected chi connectivity index (χ2v) is 12.4. The maximum Gasteiger partial charge on any atom is 0.175 e. The molecule has 5 heteroatoms. The van der Waals surface area contributed by atoms with Crippen molar-refractivity contribution in [3.8, 4) is 0 Å². The van der Waals surface area contributed by atoms with Gasteiger partial charge in [0.1, 0.15) is 8.24 Å². The lowest BCUT2D eigenvalue weighted by Crippen LogP contribution is -2.59. The van der Waals surface area contributed by atoms with E-state index in [4.69, 9.17) is 4.43 Å². The van der Waals surface area contributed by atoms with Crippen molar-refractivity contribution >= 4 is 18.0 Å². The summed E-state index contributed by atoms with van der Waals surface area (Å²) in [4.78, 5) is 2.63. The second kappa shape index (κ2) is 8.57. The summed E-state index contributed by atoms with van der Waals surface area (Å²) in [6.07, 6.45) is 1.67. The average molecular weight is 303 g/mol. The second-order valence-electron chi connectivity index (χ2n) is 6.03. The minimum Gasteiger partial charge on any atom is -0.420 e. The van der Waals surface area contributed by atoms with Gasteiger partial charge in [-0.3, -0.25) is 0 Å².